The zero-order valence-corrected chi connectivity index (χ0v) is 11.3. The fourth-order valence-electron chi connectivity index (χ4n) is 3.16. The van der Waals surface area contributed by atoms with Gasteiger partial charge in [0.15, 0.2) is 0 Å². The van der Waals surface area contributed by atoms with Crippen LogP contribution in [0, 0.1) is 17.7 Å². The van der Waals surface area contributed by atoms with Gasteiger partial charge in [0.2, 0.25) is 0 Å². The SMILES string of the molecule is CCC1CCC(C(C)(O)c2ccc(F)cc2)CC1. The first-order chi connectivity index (χ1) is 8.54. The van der Waals surface area contributed by atoms with Crippen molar-refractivity contribution in [1.82, 2.24) is 0 Å². The van der Waals surface area contributed by atoms with Gasteiger partial charge in [0.05, 0.1) is 5.60 Å². The predicted molar refractivity (Wildman–Crippen MR) is 71.7 cm³/mol. The van der Waals surface area contributed by atoms with Gasteiger partial charge in [-0.3, -0.25) is 0 Å². The second kappa shape index (κ2) is 5.40. The number of rotatable bonds is 3. The van der Waals surface area contributed by atoms with E-state index in [9.17, 15) is 9.50 Å². The molecule has 1 aliphatic rings. The van der Waals surface area contributed by atoms with Gasteiger partial charge in [0.25, 0.3) is 0 Å². The van der Waals surface area contributed by atoms with Gasteiger partial charge < -0.3 is 5.11 Å². The van der Waals surface area contributed by atoms with Crippen molar-refractivity contribution in [2.75, 3.05) is 0 Å². The quantitative estimate of drug-likeness (QED) is 0.850. The Bertz CT molecular complexity index is 375. The standard InChI is InChI=1S/C16H23FO/c1-3-12-4-6-13(7-5-12)16(2,18)14-8-10-15(17)11-9-14/h8-13,18H,3-7H2,1-2H3. The first-order valence-corrected chi connectivity index (χ1v) is 7.02. The van der Waals surface area contributed by atoms with Gasteiger partial charge in [-0.1, -0.05) is 38.3 Å². The lowest BCUT2D eigenvalue weighted by molar-refractivity contribution is -0.0276. The number of hydrogen-bond acceptors (Lipinski definition) is 1. The van der Waals surface area contributed by atoms with E-state index < -0.39 is 5.60 Å². The molecule has 0 heterocycles. The molecule has 0 amide bonds. The minimum Gasteiger partial charge on any atom is -0.385 e. The molecule has 1 atom stereocenters. The van der Waals surface area contributed by atoms with Crippen molar-refractivity contribution in [1.29, 1.82) is 0 Å². The molecule has 1 nitrogen and oxygen atoms in total. The second-order valence-corrected chi connectivity index (χ2v) is 5.78. The predicted octanol–water partition coefficient (Wildman–Crippen LogP) is 4.25. The molecule has 0 saturated heterocycles. The fraction of sp³-hybridized carbons (Fsp3) is 0.625. The zero-order chi connectivity index (χ0) is 13.2. The molecule has 18 heavy (non-hydrogen) atoms. The molecule has 1 fully saturated rings. The molecule has 2 heteroatoms. The summed E-state index contributed by atoms with van der Waals surface area (Å²) in [7, 11) is 0. The van der Waals surface area contributed by atoms with E-state index in [1.807, 2.05) is 6.92 Å². The molecule has 0 aliphatic heterocycles. The molecule has 1 aromatic carbocycles. The van der Waals surface area contributed by atoms with E-state index in [-0.39, 0.29) is 5.82 Å². The Balaban J connectivity index is 2.09. The molecule has 0 radical (unpaired) electrons. The van der Waals surface area contributed by atoms with Crippen molar-refractivity contribution in [3.8, 4) is 0 Å². The van der Waals surface area contributed by atoms with Crippen molar-refractivity contribution in [3.63, 3.8) is 0 Å². The third-order valence-electron chi connectivity index (χ3n) is 4.65. The van der Waals surface area contributed by atoms with Gasteiger partial charge in [0, 0.05) is 0 Å². The molecule has 0 aromatic heterocycles. The number of aliphatic hydroxyl groups is 1. The van der Waals surface area contributed by atoms with E-state index in [4.69, 9.17) is 0 Å². The topological polar surface area (TPSA) is 20.2 Å². The van der Waals surface area contributed by atoms with E-state index in [1.54, 1.807) is 12.1 Å². The Morgan fingerprint density at radius 3 is 2.22 bits per heavy atom. The third kappa shape index (κ3) is 2.74. The van der Waals surface area contributed by atoms with Gasteiger partial charge in [-0.15, -0.1) is 0 Å². The molecule has 1 N–H and O–H groups in total. The Morgan fingerprint density at radius 1 is 1.17 bits per heavy atom. The highest BCUT2D eigenvalue weighted by molar-refractivity contribution is 5.23. The normalized spacial score (nSPS) is 27.8. The maximum atomic E-state index is 12.9. The van der Waals surface area contributed by atoms with Crippen LogP contribution in [0.3, 0.4) is 0 Å². The van der Waals surface area contributed by atoms with Crippen LogP contribution < -0.4 is 0 Å². The Morgan fingerprint density at radius 2 is 1.72 bits per heavy atom. The summed E-state index contributed by atoms with van der Waals surface area (Å²) in [5.41, 5.74) is 0.00992. The smallest absolute Gasteiger partial charge is 0.123 e. The molecule has 0 spiro atoms. The Labute approximate surface area is 109 Å². The summed E-state index contributed by atoms with van der Waals surface area (Å²) in [5.74, 6) is 0.875. The largest absolute Gasteiger partial charge is 0.385 e. The Hall–Kier alpha value is -0.890. The van der Waals surface area contributed by atoms with Crippen molar-refractivity contribution < 1.29 is 9.50 Å². The fourth-order valence-corrected chi connectivity index (χ4v) is 3.16. The summed E-state index contributed by atoms with van der Waals surface area (Å²) in [4.78, 5) is 0. The maximum Gasteiger partial charge on any atom is 0.123 e. The molecule has 0 bridgehead atoms. The maximum absolute atomic E-state index is 12.9. The molecule has 1 saturated carbocycles. The summed E-state index contributed by atoms with van der Waals surface area (Å²) in [6, 6.07) is 6.28. The summed E-state index contributed by atoms with van der Waals surface area (Å²) in [6.07, 6.45) is 5.80. The molecular formula is C16H23FO. The van der Waals surface area contributed by atoms with Gasteiger partial charge in [-0.2, -0.15) is 0 Å². The molecular weight excluding hydrogens is 227 g/mol. The van der Waals surface area contributed by atoms with Crippen LogP contribution in [0.2, 0.25) is 0 Å². The summed E-state index contributed by atoms with van der Waals surface area (Å²) in [6.45, 7) is 4.11. The van der Waals surface area contributed by atoms with Gasteiger partial charge in [-0.25, -0.2) is 4.39 Å². The Kier molecular flexibility index (Phi) is 4.06. The van der Waals surface area contributed by atoms with Crippen molar-refractivity contribution in [2.24, 2.45) is 11.8 Å². The number of halogens is 1. The van der Waals surface area contributed by atoms with Crippen LogP contribution in [0.1, 0.15) is 51.5 Å². The summed E-state index contributed by atoms with van der Waals surface area (Å²) >= 11 is 0. The minimum absolute atomic E-state index is 0.246. The average Bonchev–Trinajstić information content (AvgIpc) is 2.39. The first kappa shape index (κ1) is 13.5. The molecule has 1 aliphatic carbocycles. The van der Waals surface area contributed by atoms with E-state index >= 15 is 0 Å². The highest BCUT2D eigenvalue weighted by Gasteiger charge is 2.35. The van der Waals surface area contributed by atoms with Gasteiger partial charge in [-0.05, 0) is 49.3 Å². The highest BCUT2D eigenvalue weighted by atomic mass is 19.1. The first-order valence-electron chi connectivity index (χ1n) is 7.02. The lowest BCUT2D eigenvalue weighted by Gasteiger charge is -2.38. The van der Waals surface area contributed by atoms with E-state index in [0.717, 1.165) is 24.3 Å². The van der Waals surface area contributed by atoms with E-state index in [1.165, 1.54) is 31.4 Å². The lowest BCUT2D eigenvalue weighted by Crippen LogP contribution is -2.34. The highest BCUT2D eigenvalue weighted by Crippen LogP contribution is 2.41. The van der Waals surface area contributed by atoms with Crippen LogP contribution in [-0.4, -0.2) is 5.11 Å². The zero-order valence-electron chi connectivity index (χ0n) is 11.3. The molecule has 1 aromatic rings. The summed E-state index contributed by atoms with van der Waals surface area (Å²) in [5, 5.41) is 10.7. The third-order valence-corrected chi connectivity index (χ3v) is 4.65. The van der Waals surface area contributed by atoms with Crippen LogP contribution >= 0.6 is 0 Å². The summed E-state index contributed by atoms with van der Waals surface area (Å²) < 4.78 is 12.9. The van der Waals surface area contributed by atoms with E-state index in [0.29, 0.717) is 5.92 Å². The van der Waals surface area contributed by atoms with Crippen molar-refractivity contribution >= 4 is 0 Å². The van der Waals surface area contributed by atoms with Crippen LogP contribution in [-0.2, 0) is 5.60 Å². The van der Waals surface area contributed by atoms with Gasteiger partial charge >= 0.3 is 0 Å². The molecule has 100 valence electrons. The monoisotopic (exact) mass is 250 g/mol. The average molecular weight is 250 g/mol. The number of benzene rings is 1. The van der Waals surface area contributed by atoms with Crippen LogP contribution in [0.5, 0.6) is 0 Å². The van der Waals surface area contributed by atoms with Crippen LogP contribution in [0.15, 0.2) is 24.3 Å². The second-order valence-electron chi connectivity index (χ2n) is 5.78. The van der Waals surface area contributed by atoms with Crippen LogP contribution in [0.4, 0.5) is 4.39 Å². The minimum atomic E-state index is -0.827. The van der Waals surface area contributed by atoms with Gasteiger partial charge in [0.1, 0.15) is 5.82 Å². The van der Waals surface area contributed by atoms with Crippen molar-refractivity contribution in [2.45, 2.75) is 51.6 Å². The molecule has 2 rings (SSSR count). The lowest BCUT2D eigenvalue weighted by atomic mass is 9.71. The van der Waals surface area contributed by atoms with Crippen LogP contribution in [0.25, 0.3) is 0 Å². The van der Waals surface area contributed by atoms with E-state index in [2.05, 4.69) is 6.92 Å². The van der Waals surface area contributed by atoms with Crippen molar-refractivity contribution in [3.05, 3.63) is 35.6 Å². The number of hydrogen-bond donors (Lipinski definition) is 1. The molecule has 1 unspecified atom stereocenters.